The molecule has 0 radical (unpaired) electrons. The maximum absolute atomic E-state index is 5.45. The Morgan fingerprint density at radius 1 is 0.833 bits per heavy atom. The minimum atomic E-state index is 0.390. The van der Waals surface area contributed by atoms with Crippen molar-refractivity contribution in [1.29, 1.82) is 0 Å². The van der Waals surface area contributed by atoms with Crippen molar-refractivity contribution < 1.29 is 18.9 Å². The number of fused-ring (bicyclic) bond motifs is 1. The lowest BCUT2D eigenvalue weighted by molar-refractivity contribution is 0.324. The van der Waals surface area contributed by atoms with Crippen LogP contribution in [0.1, 0.15) is 0 Å². The summed E-state index contributed by atoms with van der Waals surface area (Å²) in [5, 5.41) is 3.18. The van der Waals surface area contributed by atoms with E-state index in [1.54, 1.807) is 52.8 Å². The molecular formula is C21H21N5O4. The molecular weight excluding hydrogens is 386 g/mol. The second-order valence-corrected chi connectivity index (χ2v) is 6.20. The van der Waals surface area contributed by atoms with Crippen molar-refractivity contribution in [3.8, 4) is 29.1 Å². The first-order valence-corrected chi connectivity index (χ1v) is 9.10. The number of nitrogens with one attached hydrogen (secondary N) is 1. The topological polar surface area (TPSA) is 92.6 Å². The van der Waals surface area contributed by atoms with Gasteiger partial charge in [-0.2, -0.15) is 9.97 Å². The van der Waals surface area contributed by atoms with E-state index in [1.165, 1.54) is 0 Å². The molecule has 1 N–H and O–H groups in total. The van der Waals surface area contributed by atoms with Crippen molar-refractivity contribution in [1.82, 2.24) is 19.5 Å². The van der Waals surface area contributed by atoms with E-state index in [4.69, 9.17) is 18.9 Å². The third-order valence-electron chi connectivity index (χ3n) is 4.50. The number of rotatable bonds is 7. The summed E-state index contributed by atoms with van der Waals surface area (Å²) in [5.41, 5.74) is 2.38. The molecule has 0 saturated heterocycles. The van der Waals surface area contributed by atoms with Crippen LogP contribution in [0.4, 0.5) is 11.6 Å². The number of aromatic nitrogens is 4. The fourth-order valence-electron chi connectivity index (χ4n) is 3.18. The van der Waals surface area contributed by atoms with Gasteiger partial charge in [-0.15, -0.1) is 0 Å². The van der Waals surface area contributed by atoms with Crippen molar-refractivity contribution in [2.45, 2.75) is 0 Å². The third kappa shape index (κ3) is 3.41. The minimum absolute atomic E-state index is 0.390. The second kappa shape index (κ2) is 8.16. The summed E-state index contributed by atoms with van der Waals surface area (Å²) >= 11 is 0. The molecule has 0 bridgehead atoms. The lowest BCUT2D eigenvalue weighted by atomic mass is 10.2. The zero-order valence-electron chi connectivity index (χ0n) is 17.0. The van der Waals surface area contributed by atoms with Gasteiger partial charge < -0.3 is 24.3 Å². The van der Waals surface area contributed by atoms with Gasteiger partial charge in [-0.3, -0.25) is 0 Å². The predicted octanol–water partition coefficient (Wildman–Crippen LogP) is 3.59. The summed E-state index contributed by atoms with van der Waals surface area (Å²) in [6.45, 7) is 0. The van der Waals surface area contributed by atoms with Crippen LogP contribution in [0.15, 0.2) is 48.7 Å². The van der Waals surface area contributed by atoms with Gasteiger partial charge in [0.05, 0.1) is 39.5 Å². The van der Waals surface area contributed by atoms with Crippen molar-refractivity contribution >= 4 is 22.7 Å². The van der Waals surface area contributed by atoms with E-state index in [9.17, 15) is 0 Å². The van der Waals surface area contributed by atoms with E-state index < -0.39 is 0 Å². The molecule has 0 fully saturated rings. The Hall–Kier alpha value is -4.01. The van der Waals surface area contributed by atoms with Crippen molar-refractivity contribution in [3.05, 3.63) is 48.7 Å². The third-order valence-corrected chi connectivity index (χ3v) is 4.50. The fourth-order valence-corrected chi connectivity index (χ4v) is 3.18. The Bertz CT molecular complexity index is 1170. The minimum Gasteiger partial charge on any atom is -0.493 e. The smallest absolute Gasteiger partial charge is 0.303 e. The van der Waals surface area contributed by atoms with Gasteiger partial charge in [0.1, 0.15) is 5.82 Å². The van der Waals surface area contributed by atoms with Gasteiger partial charge in [0.25, 0.3) is 0 Å². The summed E-state index contributed by atoms with van der Waals surface area (Å²) in [7, 11) is 6.26. The van der Waals surface area contributed by atoms with Crippen LogP contribution in [-0.4, -0.2) is 48.0 Å². The highest BCUT2D eigenvalue weighted by atomic mass is 16.5. The summed E-state index contributed by atoms with van der Waals surface area (Å²) in [4.78, 5) is 13.5. The second-order valence-electron chi connectivity index (χ2n) is 6.20. The van der Waals surface area contributed by atoms with Gasteiger partial charge in [-0.1, -0.05) is 12.1 Å². The average molecular weight is 407 g/mol. The van der Waals surface area contributed by atoms with E-state index in [0.717, 1.165) is 11.0 Å². The zero-order chi connectivity index (χ0) is 21.1. The molecule has 0 aliphatic carbocycles. The Morgan fingerprint density at radius 2 is 1.57 bits per heavy atom. The molecule has 0 atom stereocenters. The number of ether oxygens (including phenoxy) is 4. The molecule has 4 aromatic rings. The summed E-state index contributed by atoms with van der Waals surface area (Å²) in [6.07, 6.45) is 1.66. The van der Waals surface area contributed by atoms with Crippen LogP contribution in [0.25, 0.3) is 16.9 Å². The molecule has 4 rings (SSSR count). The van der Waals surface area contributed by atoms with Gasteiger partial charge in [-0.25, -0.2) is 9.55 Å². The van der Waals surface area contributed by atoms with Gasteiger partial charge in [0, 0.05) is 30.1 Å². The van der Waals surface area contributed by atoms with Crippen LogP contribution in [-0.2, 0) is 0 Å². The van der Waals surface area contributed by atoms with E-state index in [-0.39, 0.29) is 0 Å². The fraction of sp³-hybridized carbons (Fsp3) is 0.190. The van der Waals surface area contributed by atoms with Crippen LogP contribution in [0.3, 0.4) is 0 Å². The molecule has 9 nitrogen and oxygen atoms in total. The van der Waals surface area contributed by atoms with Crippen molar-refractivity contribution in [2.75, 3.05) is 33.8 Å². The highest BCUT2D eigenvalue weighted by molar-refractivity contribution is 5.78. The largest absolute Gasteiger partial charge is 0.493 e. The molecule has 0 saturated carbocycles. The Kier molecular flexibility index (Phi) is 5.25. The first-order chi connectivity index (χ1) is 14.7. The number of anilines is 2. The Balaban J connectivity index is 1.74. The number of benzene rings is 2. The van der Waals surface area contributed by atoms with Crippen LogP contribution in [0, 0.1) is 0 Å². The number of hydrogen-bond donors (Lipinski definition) is 1. The van der Waals surface area contributed by atoms with Gasteiger partial charge in [0.2, 0.25) is 11.7 Å². The normalized spacial score (nSPS) is 10.7. The summed E-state index contributed by atoms with van der Waals surface area (Å²) in [5.74, 6) is 2.57. The number of methoxy groups -OCH3 is 4. The molecule has 0 amide bonds. The number of imidazole rings is 1. The summed E-state index contributed by atoms with van der Waals surface area (Å²) < 4.78 is 23.5. The first-order valence-electron chi connectivity index (χ1n) is 9.10. The molecule has 0 spiro atoms. The molecule has 2 heterocycles. The molecule has 154 valence electrons. The van der Waals surface area contributed by atoms with E-state index in [0.29, 0.717) is 40.7 Å². The zero-order valence-corrected chi connectivity index (χ0v) is 17.0. The SMILES string of the molecule is COc1cc(Nc2nccc(-n3c(OC)nc4ccccc43)n2)cc(OC)c1OC. The molecule has 9 heteroatoms. The van der Waals surface area contributed by atoms with E-state index in [2.05, 4.69) is 20.3 Å². The van der Waals surface area contributed by atoms with E-state index >= 15 is 0 Å². The molecule has 0 aliphatic heterocycles. The predicted molar refractivity (Wildman–Crippen MR) is 113 cm³/mol. The van der Waals surface area contributed by atoms with Gasteiger partial charge >= 0.3 is 6.01 Å². The Morgan fingerprint density at radius 3 is 2.23 bits per heavy atom. The quantitative estimate of drug-likeness (QED) is 0.497. The molecule has 2 aromatic carbocycles. The van der Waals surface area contributed by atoms with Crippen LogP contribution in [0.2, 0.25) is 0 Å². The molecule has 0 unspecified atom stereocenters. The highest BCUT2D eigenvalue weighted by Crippen LogP contribution is 2.40. The number of para-hydroxylation sites is 2. The highest BCUT2D eigenvalue weighted by Gasteiger charge is 2.16. The van der Waals surface area contributed by atoms with Gasteiger partial charge in [0.15, 0.2) is 11.5 Å². The first kappa shape index (κ1) is 19.3. The number of hydrogen-bond acceptors (Lipinski definition) is 8. The molecule has 30 heavy (non-hydrogen) atoms. The van der Waals surface area contributed by atoms with Crippen LogP contribution >= 0.6 is 0 Å². The van der Waals surface area contributed by atoms with Crippen LogP contribution < -0.4 is 24.3 Å². The number of nitrogens with zero attached hydrogens (tertiary/aromatic N) is 4. The van der Waals surface area contributed by atoms with Crippen molar-refractivity contribution in [3.63, 3.8) is 0 Å². The molecule has 2 aromatic heterocycles. The van der Waals surface area contributed by atoms with Crippen LogP contribution in [0.5, 0.6) is 23.3 Å². The summed E-state index contributed by atoms with van der Waals surface area (Å²) in [6, 6.07) is 13.5. The lowest BCUT2D eigenvalue weighted by Crippen LogP contribution is -2.05. The van der Waals surface area contributed by atoms with Gasteiger partial charge in [-0.05, 0) is 12.1 Å². The standard InChI is InChI=1S/C21H21N5O4/c1-27-16-11-13(12-17(28-2)19(16)29-3)23-20-22-10-9-18(25-20)26-15-8-6-5-7-14(15)24-21(26)30-4/h5-12H,1-4H3,(H,22,23,25). The van der Waals surface area contributed by atoms with E-state index in [1.807, 2.05) is 28.8 Å². The maximum Gasteiger partial charge on any atom is 0.303 e. The average Bonchev–Trinajstić information content (AvgIpc) is 3.17. The molecule has 0 aliphatic rings. The van der Waals surface area contributed by atoms with Crippen molar-refractivity contribution in [2.24, 2.45) is 0 Å². The monoisotopic (exact) mass is 407 g/mol. The lowest BCUT2D eigenvalue weighted by Gasteiger charge is -2.15. The Labute approximate surface area is 173 Å². The maximum atomic E-state index is 5.45.